The summed E-state index contributed by atoms with van der Waals surface area (Å²) in [5.41, 5.74) is 5.68. The van der Waals surface area contributed by atoms with Crippen LogP contribution in [0.2, 0.25) is 0 Å². The number of benzene rings is 1. The topological polar surface area (TPSA) is 322 Å². The number of amides is 8. The molecule has 0 radical (unpaired) electrons. The van der Waals surface area contributed by atoms with Crippen molar-refractivity contribution < 1.29 is 57.8 Å². The number of nitrogens with two attached hydrogens (primary N) is 1. The van der Waals surface area contributed by atoms with E-state index in [4.69, 9.17) is 10.5 Å². The van der Waals surface area contributed by atoms with Crippen molar-refractivity contribution in [1.29, 1.82) is 0 Å². The molecule has 398 valence electrons. The summed E-state index contributed by atoms with van der Waals surface area (Å²) in [6, 6.07) is 0.492. The van der Waals surface area contributed by atoms with Crippen molar-refractivity contribution in [3.63, 3.8) is 0 Å². The number of carbonyl (C=O) groups excluding carboxylic acids is 10. The Bertz CT molecular complexity index is 1960. The number of nitrogens with one attached hydrogen (secondary N) is 8. The Labute approximate surface area is 418 Å². The number of aliphatic hydroxyl groups is 1. The Balaban J connectivity index is 3.28. The molecule has 1 rings (SSSR count). The van der Waals surface area contributed by atoms with Crippen LogP contribution in [0.3, 0.4) is 0 Å². The van der Waals surface area contributed by atoms with Gasteiger partial charge in [0.1, 0.15) is 42.9 Å². The summed E-state index contributed by atoms with van der Waals surface area (Å²) in [5.74, 6) is -7.21. The number of hydrogen-bond acceptors (Lipinski definition) is 13. The molecule has 1 aromatic carbocycles. The fraction of sp³-hybridized carbons (Fsp3) is 0.640. The Morgan fingerprint density at radius 3 is 1.68 bits per heavy atom. The van der Waals surface area contributed by atoms with E-state index >= 15 is 0 Å². The smallest absolute Gasteiger partial charge is 0.311 e. The SMILES string of the molecule is C=CCC[C@H](NC(=O)[C@H](C)NC(=O)[C@H](CCN)NC(=O)CCOC(=O)C(C)(C)CC)C(=O)N[C@@H](CCNC(=O)[C@@H](C)[C@H](C)O)C(=O)NC(C)C(=O)NC(Cc1ccccc1)C(=O)N[C@@H](CC(C)C)C(C)=O. The number of ether oxygens (including phenoxy) is 1. The van der Waals surface area contributed by atoms with E-state index in [0.717, 1.165) is 0 Å². The number of Topliss-reactive ketones (excluding diaryl/α,β-unsaturated/α-hetero) is 1. The fourth-order valence-electron chi connectivity index (χ4n) is 6.57. The summed E-state index contributed by atoms with van der Waals surface area (Å²) in [7, 11) is 0. The quantitative estimate of drug-likeness (QED) is 0.0340. The van der Waals surface area contributed by atoms with E-state index in [9.17, 15) is 53.1 Å². The minimum Gasteiger partial charge on any atom is -0.465 e. The predicted molar refractivity (Wildman–Crippen MR) is 266 cm³/mol. The largest absolute Gasteiger partial charge is 0.465 e. The highest BCUT2D eigenvalue weighted by Gasteiger charge is 2.33. The Hall–Kier alpha value is -6.22. The normalized spacial score (nSPS) is 15.1. The second kappa shape index (κ2) is 31.9. The first-order valence-electron chi connectivity index (χ1n) is 24.4. The summed E-state index contributed by atoms with van der Waals surface area (Å²) in [6.45, 7) is 19.4. The van der Waals surface area contributed by atoms with Crippen LogP contribution in [-0.4, -0.2) is 132 Å². The molecular formula is C50H81N9O12. The Kier molecular flexibility index (Phi) is 28.2. The van der Waals surface area contributed by atoms with Gasteiger partial charge in [-0.1, -0.05) is 64.1 Å². The summed E-state index contributed by atoms with van der Waals surface area (Å²) in [6.07, 6.45) is 1.24. The third-order valence-corrected chi connectivity index (χ3v) is 11.8. The van der Waals surface area contributed by atoms with Gasteiger partial charge < -0.3 is 58.1 Å². The van der Waals surface area contributed by atoms with E-state index in [1.165, 1.54) is 40.7 Å². The second-order valence-corrected chi connectivity index (χ2v) is 18.9. The zero-order chi connectivity index (χ0) is 54.0. The molecule has 0 saturated carbocycles. The van der Waals surface area contributed by atoms with Gasteiger partial charge in [0.15, 0.2) is 5.78 Å². The summed E-state index contributed by atoms with van der Waals surface area (Å²) in [4.78, 5) is 132. The number of rotatable bonds is 33. The first-order chi connectivity index (χ1) is 33.3. The van der Waals surface area contributed by atoms with E-state index in [0.29, 0.717) is 18.4 Å². The molecule has 0 aliphatic rings. The summed E-state index contributed by atoms with van der Waals surface area (Å²) >= 11 is 0. The van der Waals surface area contributed by atoms with Crippen molar-refractivity contribution >= 4 is 59.0 Å². The average Bonchev–Trinajstić information content (AvgIpc) is 3.31. The van der Waals surface area contributed by atoms with Crippen LogP contribution in [0, 0.1) is 17.3 Å². The van der Waals surface area contributed by atoms with Gasteiger partial charge in [-0.05, 0) is 98.1 Å². The van der Waals surface area contributed by atoms with Gasteiger partial charge in [0.25, 0.3) is 0 Å². The Morgan fingerprint density at radius 2 is 1.17 bits per heavy atom. The molecule has 0 bridgehead atoms. The van der Waals surface area contributed by atoms with E-state index in [1.54, 1.807) is 44.2 Å². The van der Waals surface area contributed by atoms with Crippen LogP contribution in [0.15, 0.2) is 43.0 Å². The first kappa shape index (κ1) is 62.8. The minimum absolute atomic E-state index is 0.00300. The van der Waals surface area contributed by atoms with Crippen molar-refractivity contribution in [2.75, 3.05) is 19.7 Å². The maximum atomic E-state index is 14.0. The van der Waals surface area contributed by atoms with E-state index in [2.05, 4.69) is 49.1 Å². The maximum absolute atomic E-state index is 14.0. The van der Waals surface area contributed by atoms with Gasteiger partial charge in [0.05, 0.1) is 29.9 Å². The molecule has 1 aromatic rings. The average molecular weight is 1000 g/mol. The van der Waals surface area contributed by atoms with Gasteiger partial charge in [0.2, 0.25) is 47.3 Å². The number of ketones is 1. The molecule has 0 aliphatic heterocycles. The molecule has 0 fully saturated rings. The van der Waals surface area contributed by atoms with E-state index < -0.39 is 113 Å². The summed E-state index contributed by atoms with van der Waals surface area (Å²) < 4.78 is 5.22. The van der Waals surface area contributed by atoms with Gasteiger partial charge in [-0.15, -0.1) is 6.58 Å². The van der Waals surface area contributed by atoms with Crippen molar-refractivity contribution in [3.05, 3.63) is 48.6 Å². The molecule has 0 aromatic heterocycles. The van der Waals surface area contributed by atoms with Gasteiger partial charge >= 0.3 is 5.97 Å². The molecule has 0 heterocycles. The van der Waals surface area contributed by atoms with Gasteiger partial charge in [0, 0.05) is 13.0 Å². The lowest BCUT2D eigenvalue weighted by atomic mass is 9.91. The standard InChI is InChI=1S/C50H81N9O12/c1-12-14-20-36(56-43(64)31(6)53-45(66)37(21-24-51)55-41(62)23-26-71-49(70)50(10,11)13-2)47(68)57-38(22-25-52-42(63)30(5)33(8)60)46(67)54-32(7)44(65)59-40(28-35-18-16-15-17-19-35)48(69)58-39(34(9)61)27-29(3)4/h12,15-19,29-33,36-40,60H,1,13-14,20-28,51H2,2-11H3,(H,52,63)(H,53,66)(H,54,67)(H,55,62)(H,56,64)(H,57,68)(H,58,69)(H,59,65)/t30-,31-,32?,33-,36-,37-,38-,39-,40?/m0/s1. The zero-order valence-electron chi connectivity index (χ0n) is 43.2. The first-order valence-corrected chi connectivity index (χ1v) is 24.4. The number of carbonyl (C=O) groups is 10. The van der Waals surface area contributed by atoms with E-state index in [1.807, 2.05) is 20.8 Å². The van der Waals surface area contributed by atoms with Crippen LogP contribution in [0.5, 0.6) is 0 Å². The van der Waals surface area contributed by atoms with Crippen molar-refractivity contribution in [1.82, 2.24) is 42.5 Å². The maximum Gasteiger partial charge on any atom is 0.311 e. The molecule has 0 saturated heterocycles. The monoisotopic (exact) mass is 1000 g/mol. The minimum atomic E-state index is -1.42. The van der Waals surface area contributed by atoms with Crippen LogP contribution in [0.1, 0.15) is 120 Å². The highest BCUT2D eigenvalue weighted by molar-refractivity contribution is 5.97. The molecule has 11 N–H and O–H groups in total. The van der Waals surface area contributed by atoms with Gasteiger partial charge in [-0.25, -0.2) is 0 Å². The number of esters is 1. The molecule has 21 nitrogen and oxygen atoms in total. The van der Waals surface area contributed by atoms with Gasteiger partial charge in [-0.2, -0.15) is 0 Å². The van der Waals surface area contributed by atoms with Gasteiger partial charge in [-0.3, -0.25) is 47.9 Å². The Morgan fingerprint density at radius 1 is 0.676 bits per heavy atom. The second-order valence-electron chi connectivity index (χ2n) is 18.9. The lowest BCUT2D eigenvalue weighted by molar-refractivity contribution is -0.154. The van der Waals surface area contributed by atoms with Crippen LogP contribution in [0.4, 0.5) is 0 Å². The van der Waals surface area contributed by atoms with Crippen LogP contribution in [0.25, 0.3) is 0 Å². The molecule has 0 spiro atoms. The molecule has 71 heavy (non-hydrogen) atoms. The highest BCUT2D eigenvalue weighted by atomic mass is 16.5. The molecule has 21 heteroatoms. The summed E-state index contributed by atoms with van der Waals surface area (Å²) in [5, 5.41) is 30.8. The molecule has 0 aliphatic carbocycles. The number of hydrogen-bond donors (Lipinski definition) is 10. The predicted octanol–water partition coefficient (Wildman–Crippen LogP) is 0.505. The molecule has 2 unspecified atom stereocenters. The zero-order valence-corrected chi connectivity index (χ0v) is 43.2. The third kappa shape index (κ3) is 23.5. The van der Waals surface area contributed by atoms with Crippen LogP contribution in [-0.2, 0) is 59.1 Å². The lowest BCUT2D eigenvalue weighted by Crippen LogP contribution is -2.59. The molecular weight excluding hydrogens is 919 g/mol. The van der Waals surface area contributed by atoms with Crippen LogP contribution < -0.4 is 48.3 Å². The van der Waals surface area contributed by atoms with Crippen molar-refractivity contribution in [2.45, 2.75) is 169 Å². The molecule has 9 atom stereocenters. The van der Waals surface area contributed by atoms with Crippen molar-refractivity contribution in [2.24, 2.45) is 23.0 Å². The third-order valence-electron chi connectivity index (χ3n) is 11.8. The van der Waals surface area contributed by atoms with E-state index in [-0.39, 0.29) is 69.9 Å². The molecule has 8 amide bonds. The van der Waals surface area contributed by atoms with Crippen LogP contribution >= 0.6 is 0 Å². The fourth-order valence-corrected chi connectivity index (χ4v) is 6.57. The highest BCUT2D eigenvalue weighted by Crippen LogP contribution is 2.21. The lowest BCUT2D eigenvalue weighted by Gasteiger charge is -2.27. The van der Waals surface area contributed by atoms with Crippen molar-refractivity contribution in [3.8, 4) is 0 Å². The number of allylic oxidation sites excluding steroid dienone is 1. The number of aliphatic hydroxyl groups excluding tert-OH is 1.